The Bertz CT molecular complexity index is 340. The van der Waals surface area contributed by atoms with Crippen molar-refractivity contribution in [3.8, 4) is 0 Å². The molecule has 4 N–H and O–H groups in total. The quantitative estimate of drug-likeness (QED) is 0.462. The lowest BCUT2D eigenvalue weighted by Crippen LogP contribution is -2.21. The van der Waals surface area contributed by atoms with E-state index in [2.05, 4.69) is 47.9 Å². The first-order chi connectivity index (χ1) is 10.8. The lowest BCUT2D eigenvalue weighted by atomic mass is 10.0. The summed E-state index contributed by atoms with van der Waals surface area (Å²) in [5.74, 6) is 0.594. The van der Waals surface area contributed by atoms with Crippen molar-refractivity contribution in [3.63, 3.8) is 0 Å². The Morgan fingerprint density at radius 2 is 1.41 bits per heavy atom. The van der Waals surface area contributed by atoms with Crippen molar-refractivity contribution in [2.24, 2.45) is 5.73 Å². The third-order valence-corrected chi connectivity index (χ3v) is 4.08. The Morgan fingerprint density at radius 1 is 0.818 bits per heavy atom. The van der Waals surface area contributed by atoms with Gasteiger partial charge in [-0.25, -0.2) is 0 Å². The van der Waals surface area contributed by atoms with Crippen LogP contribution in [0.2, 0.25) is 0 Å². The molecule has 0 aromatic heterocycles. The van der Waals surface area contributed by atoms with Crippen molar-refractivity contribution in [2.45, 2.75) is 51.4 Å². The number of hydrogen-bond acceptors (Lipinski definition) is 3. The van der Waals surface area contributed by atoms with Crippen LogP contribution in [-0.4, -0.2) is 32.7 Å². The van der Waals surface area contributed by atoms with Gasteiger partial charge in [-0.15, -0.1) is 0 Å². The van der Waals surface area contributed by atoms with Crippen LogP contribution in [0.15, 0.2) is 30.3 Å². The number of nitrogens with two attached hydrogens (primary N) is 1. The van der Waals surface area contributed by atoms with Gasteiger partial charge in [0.25, 0.3) is 0 Å². The maximum Gasteiger partial charge on any atom is 0.00174 e. The molecular weight excluding hydrogens is 270 g/mol. The van der Waals surface area contributed by atoms with Crippen LogP contribution in [0, 0.1) is 0 Å². The van der Waals surface area contributed by atoms with Gasteiger partial charge in [-0.3, -0.25) is 0 Å². The largest absolute Gasteiger partial charge is 0.330 e. The van der Waals surface area contributed by atoms with E-state index >= 15 is 0 Å². The number of nitrogens with one attached hydrogen (secondary N) is 2. The van der Waals surface area contributed by atoms with Crippen LogP contribution in [0.4, 0.5) is 0 Å². The van der Waals surface area contributed by atoms with E-state index in [4.69, 9.17) is 5.73 Å². The zero-order chi connectivity index (χ0) is 15.9. The summed E-state index contributed by atoms with van der Waals surface area (Å²) in [6.45, 7) is 7.62. The highest BCUT2D eigenvalue weighted by molar-refractivity contribution is 5.18. The molecule has 0 amide bonds. The molecule has 1 unspecified atom stereocenters. The van der Waals surface area contributed by atoms with Crippen molar-refractivity contribution >= 4 is 0 Å². The Morgan fingerprint density at radius 3 is 2.05 bits per heavy atom. The van der Waals surface area contributed by atoms with Gasteiger partial charge in [0.2, 0.25) is 0 Å². The highest BCUT2D eigenvalue weighted by Crippen LogP contribution is 2.12. The van der Waals surface area contributed by atoms with Gasteiger partial charge in [0.05, 0.1) is 0 Å². The molecule has 0 spiro atoms. The second-order valence-electron chi connectivity index (χ2n) is 6.18. The molecule has 0 saturated carbocycles. The monoisotopic (exact) mass is 305 g/mol. The minimum Gasteiger partial charge on any atom is -0.330 e. The molecular formula is C19H35N3. The molecule has 0 bridgehead atoms. The van der Waals surface area contributed by atoms with E-state index in [1.807, 2.05) is 0 Å². The zero-order valence-corrected chi connectivity index (χ0v) is 14.3. The summed E-state index contributed by atoms with van der Waals surface area (Å²) in [4.78, 5) is 0. The van der Waals surface area contributed by atoms with Gasteiger partial charge in [-0.05, 0) is 63.3 Å². The molecule has 0 aliphatic heterocycles. The van der Waals surface area contributed by atoms with Gasteiger partial charge < -0.3 is 16.4 Å². The van der Waals surface area contributed by atoms with Gasteiger partial charge >= 0.3 is 0 Å². The molecule has 22 heavy (non-hydrogen) atoms. The molecule has 3 nitrogen and oxygen atoms in total. The summed E-state index contributed by atoms with van der Waals surface area (Å²) in [6.07, 6.45) is 7.55. The smallest absolute Gasteiger partial charge is 0.00174 e. The van der Waals surface area contributed by atoms with E-state index in [1.165, 1.54) is 37.7 Å². The summed E-state index contributed by atoms with van der Waals surface area (Å²) in [5, 5.41) is 7.09. The summed E-state index contributed by atoms with van der Waals surface area (Å²) in [7, 11) is 0. The van der Waals surface area contributed by atoms with Crippen LogP contribution >= 0.6 is 0 Å². The number of hydrogen-bond donors (Lipinski definition) is 3. The SMILES string of the molecule is CC(CNCCCCCNCCCCCN)c1ccccc1. The second-order valence-corrected chi connectivity index (χ2v) is 6.18. The predicted octanol–water partition coefficient (Wildman–Crippen LogP) is 3.27. The molecule has 1 rings (SSSR count). The highest BCUT2D eigenvalue weighted by atomic mass is 14.9. The Hall–Kier alpha value is -0.900. The van der Waals surface area contributed by atoms with Crippen molar-refractivity contribution in [1.82, 2.24) is 10.6 Å². The minimum atomic E-state index is 0.594. The summed E-state index contributed by atoms with van der Waals surface area (Å²) in [6, 6.07) is 10.7. The van der Waals surface area contributed by atoms with Crippen molar-refractivity contribution in [3.05, 3.63) is 35.9 Å². The predicted molar refractivity (Wildman–Crippen MR) is 97.4 cm³/mol. The van der Waals surface area contributed by atoms with Crippen molar-refractivity contribution < 1.29 is 0 Å². The molecule has 0 fully saturated rings. The third-order valence-electron chi connectivity index (χ3n) is 4.08. The molecule has 1 aromatic carbocycles. The Balaban J connectivity index is 1.84. The van der Waals surface area contributed by atoms with Crippen molar-refractivity contribution in [1.29, 1.82) is 0 Å². The third kappa shape index (κ3) is 9.93. The van der Waals surface area contributed by atoms with Gasteiger partial charge in [-0.2, -0.15) is 0 Å². The van der Waals surface area contributed by atoms with Crippen LogP contribution in [0.1, 0.15) is 56.9 Å². The molecule has 3 heteroatoms. The first kappa shape index (κ1) is 19.1. The Labute approximate surface area is 137 Å². The van der Waals surface area contributed by atoms with Crippen LogP contribution in [-0.2, 0) is 0 Å². The molecule has 126 valence electrons. The van der Waals surface area contributed by atoms with Crippen LogP contribution in [0.5, 0.6) is 0 Å². The van der Waals surface area contributed by atoms with Crippen molar-refractivity contribution in [2.75, 3.05) is 32.7 Å². The minimum absolute atomic E-state index is 0.594. The fraction of sp³-hybridized carbons (Fsp3) is 0.684. The lowest BCUT2D eigenvalue weighted by Gasteiger charge is -2.13. The number of rotatable bonds is 14. The average Bonchev–Trinajstić information content (AvgIpc) is 2.56. The van der Waals surface area contributed by atoms with Gasteiger partial charge in [-0.1, -0.05) is 50.1 Å². The maximum absolute atomic E-state index is 5.47. The standard InChI is InChI=1S/C19H35N3/c1-18(19-11-5-2-6-12-19)17-22-16-10-4-9-15-21-14-8-3-7-13-20/h2,5-6,11-12,18,21-22H,3-4,7-10,13-17,20H2,1H3. The molecule has 0 aliphatic carbocycles. The zero-order valence-electron chi connectivity index (χ0n) is 14.3. The molecule has 0 radical (unpaired) electrons. The van der Waals surface area contributed by atoms with Crippen LogP contribution in [0.3, 0.4) is 0 Å². The topological polar surface area (TPSA) is 50.1 Å². The average molecular weight is 306 g/mol. The lowest BCUT2D eigenvalue weighted by molar-refractivity contribution is 0.544. The van der Waals surface area contributed by atoms with E-state index in [-0.39, 0.29) is 0 Å². The summed E-state index contributed by atoms with van der Waals surface area (Å²) in [5.41, 5.74) is 6.90. The number of benzene rings is 1. The van der Waals surface area contributed by atoms with Crippen LogP contribution < -0.4 is 16.4 Å². The first-order valence-electron chi connectivity index (χ1n) is 9.01. The van der Waals surface area contributed by atoms with E-state index < -0.39 is 0 Å². The second kappa shape index (κ2) is 13.7. The van der Waals surface area contributed by atoms with Gasteiger partial charge in [0.1, 0.15) is 0 Å². The molecule has 0 heterocycles. The molecule has 1 atom stereocenters. The van der Waals surface area contributed by atoms with E-state index in [0.717, 1.165) is 39.1 Å². The van der Waals surface area contributed by atoms with E-state index in [0.29, 0.717) is 5.92 Å². The molecule has 1 aromatic rings. The molecule has 0 saturated heterocycles. The fourth-order valence-corrected chi connectivity index (χ4v) is 2.59. The first-order valence-corrected chi connectivity index (χ1v) is 9.01. The van der Waals surface area contributed by atoms with E-state index in [9.17, 15) is 0 Å². The fourth-order valence-electron chi connectivity index (χ4n) is 2.59. The van der Waals surface area contributed by atoms with Gasteiger partial charge in [0.15, 0.2) is 0 Å². The summed E-state index contributed by atoms with van der Waals surface area (Å²) >= 11 is 0. The summed E-state index contributed by atoms with van der Waals surface area (Å²) < 4.78 is 0. The number of unbranched alkanes of at least 4 members (excludes halogenated alkanes) is 4. The normalized spacial score (nSPS) is 12.5. The highest BCUT2D eigenvalue weighted by Gasteiger charge is 2.03. The maximum atomic E-state index is 5.47. The van der Waals surface area contributed by atoms with Crippen LogP contribution in [0.25, 0.3) is 0 Å². The Kier molecular flexibility index (Phi) is 12.0. The van der Waals surface area contributed by atoms with Gasteiger partial charge in [0, 0.05) is 6.54 Å². The molecule has 0 aliphatic rings. The van der Waals surface area contributed by atoms with E-state index in [1.54, 1.807) is 0 Å².